The molecule has 2 heteroatoms. The normalized spacial score (nSPS) is 17.9. The number of fused-ring (bicyclic) bond motifs is 5. The Balaban J connectivity index is 0.000000314. The highest BCUT2D eigenvalue weighted by Gasteiger charge is 2.27. The van der Waals surface area contributed by atoms with Crippen LogP contribution in [0.5, 0.6) is 0 Å². The molecule has 0 saturated heterocycles. The second-order valence-corrected chi connectivity index (χ2v) is 9.08. The van der Waals surface area contributed by atoms with Gasteiger partial charge in [-0.15, -0.1) is 0 Å². The molecule has 3 aromatic rings. The van der Waals surface area contributed by atoms with E-state index in [0.29, 0.717) is 5.92 Å². The van der Waals surface area contributed by atoms with Gasteiger partial charge in [-0.05, 0) is 100 Å². The van der Waals surface area contributed by atoms with Crippen LogP contribution in [-0.4, -0.2) is 6.61 Å². The van der Waals surface area contributed by atoms with Gasteiger partial charge in [0.1, 0.15) is 6.61 Å². The molecule has 0 bridgehead atoms. The van der Waals surface area contributed by atoms with Crippen molar-refractivity contribution < 1.29 is 4.74 Å². The van der Waals surface area contributed by atoms with Crippen LogP contribution in [0.4, 0.5) is 0 Å². The minimum Gasteiger partial charge on any atom is -0.497 e. The van der Waals surface area contributed by atoms with E-state index in [1.54, 1.807) is 6.26 Å². The number of ether oxygens (including phenoxy) is 1. The Morgan fingerprint density at radius 1 is 0.875 bits per heavy atom. The molecule has 3 aromatic carbocycles. The summed E-state index contributed by atoms with van der Waals surface area (Å²) in [6.07, 6.45) is 11.9. The van der Waals surface area contributed by atoms with Gasteiger partial charge in [0.15, 0.2) is 0 Å². The lowest BCUT2D eigenvalue weighted by Gasteiger charge is -2.31. The molecule has 2 aliphatic carbocycles. The molecular weight excluding hydrogens is 412 g/mol. The predicted molar refractivity (Wildman–Crippen MR) is 135 cm³/mol. The number of hydrogen-bond acceptors (Lipinski definition) is 1. The maximum absolute atomic E-state index is 6.06. The topological polar surface area (TPSA) is 9.23 Å². The fourth-order valence-electron chi connectivity index (χ4n) is 5.10. The van der Waals surface area contributed by atoms with Crippen molar-refractivity contribution in [2.75, 3.05) is 6.61 Å². The molecule has 0 radical (unpaired) electrons. The smallest absolute Gasteiger partial charge is 0.106 e. The Morgan fingerprint density at radius 2 is 1.72 bits per heavy atom. The number of halogens is 1. The van der Waals surface area contributed by atoms with Crippen LogP contribution >= 0.6 is 11.6 Å². The molecule has 6 rings (SSSR count). The van der Waals surface area contributed by atoms with Crippen LogP contribution < -0.4 is 0 Å². The highest BCUT2D eigenvalue weighted by Crippen LogP contribution is 2.44. The van der Waals surface area contributed by atoms with Crippen molar-refractivity contribution in [1.82, 2.24) is 0 Å². The molecule has 0 fully saturated rings. The molecule has 1 nitrogen and oxygen atoms in total. The van der Waals surface area contributed by atoms with E-state index < -0.39 is 0 Å². The number of rotatable bonds is 1. The van der Waals surface area contributed by atoms with Crippen LogP contribution in [0, 0.1) is 0 Å². The minimum atomic E-state index is 0.585. The maximum atomic E-state index is 6.06. The fourth-order valence-corrected chi connectivity index (χ4v) is 5.23. The molecular formula is C30H27ClO. The molecule has 0 amide bonds. The highest BCUT2D eigenvalue weighted by atomic mass is 35.5. The summed E-state index contributed by atoms with van der Waals surface area (Å²) in [5, 5.41) is 0.814. The molecule has 0 N–H and O–H groups in total. The van der Waals surface area contributed by atoms with Crippen LogP contribution in [0.2, 0.25) is 5.02 Å². The Labute approximate surface area is 195 Å². The molecule has 1 aliphatic heterocycles. The summed E-state index contributed by atoms with van der Waals surface area (Å²) in [7, 11) is 0. The Kier molecular flexibility index (Phi) is 6.01. The Hall–Kier alpha value is -3.03. The van der Waals surface area contributed by atoms with E-state index in [1.165, 1.54) is 50.9 Å². The summed E-state index contributed by atoms with van der Waals surface area (Å²) in [6.45, 7) is 5.17. The molecule has 0 spiro atoms. The summed E-state index contributed by atoms with van der Waals surface area (Å²) in [5.74, 6) is 0.585. The molecule has 32 heavy (non-hydrogen) atoms. The van der Waals surface area contributed by atoms with Crippen LogP contribution in [0.15, 0.2) is 91.7 Å². The van der Waals surface area contributed by atoms with Crippen molar-refractivity contribution in [3.8, 4) is 11.1 Å². The van der Waals surface area contributed by atoms with Gasteiger partial charge in [-0.1, -0.05) is 72.8 Å². The first-order chi connectivity index (χ1) is 15.7. The van der Waals surface area contributed by atoms with Crippen molar-refractivity contribution in [3.05, 3.63) is 125 Å². The summed E-state index contributed by atoms with van der Waals surface area (Å²) >= 11 is 6.06. The summed E-state index contributed by atoms with van der Waals surface area (Å²) in [4.78, 5) is 0. The Morgan fingerprint density at radius 3 is 2.44 bits per heavy atom. The first kappa shape index (κ1) is 20.8. The zero-order valence-electron chi connectivity index (χ0n) is 18.2. The minimum absolute atomic E-state index is 0.585. The molecule has 3 aliphatic rings. The lowest BCUT2D eigenvalue weighted by atomic mass is 9.73. The molecule has 0 saturated carbocycles. The van der Waals surface area contributed by atoms with E-state index >= 15 is 0 Å². The average molecular weight is 439 g/mol. The van der Waals surface area contributed by atoms with E-state index in [2.05, 4.69) is 55.1 Å². The largest absolute Gasteiger partial charge is 0.497 e. The van der Waals surface area contributed by atoms with E-state index in [1.807, 2.05) is 30.4 Å². The summed E-state index contributed by atoms with van der Waals surface area (Å²) in [6, 6.07) is 21.8. The second kappa shape index (κ2) is 9.22. The van der Waals surface area contributed by atoms with Gasteiger partial charge in [0.2, 0.25) is 0 Å². The monoisotopic (exact) mass is 438 g/mol. The van der Waals surface area contributed by atoms with Gasteiger partial charge in [-0.3, -0.25) is 0 Å². The summed E-state index contributed by atoms with van der Waals surface area (Å²) in [5.41, 5.74) is 11.3. The van der Waals surface area contributed by atoms with Gasteiger partial charge in [0.25, 0.3) is 0 Å². The van der Waals surface area contributed by atoms with Gasteiger partial charge in [-0.2, -0.15) is 0 Å². The molecule has 1 heterocycles. The lowest BCUT2D eigenvalue weighted by molar-refractivity contribution is 0.286. The maximum Gasteiger partial charge on any atom is 0.106 e. The number of hydrogen-bond donors (Lipinski definition) is 0. The quantitative estimate of drug-likeness (QED) is 0.374. The number of allylic oxidation sites excluding steroid dienone is 3. The average Bonchev–Trinajstić information content (AvgIpc) is 2.85. The van der Waals surface area contributed by atoms with Crippen LogP contribution in [-0.2, 0) is 24.0 Å². The van der Waals surface area contributed by atoms with Gasteiger partial charge >= 0.3 is 0 Å². The van der Waals surface area contributed by atoms with Crippen LogP contribution in [0.25, 0.3) is 16.7 Å². The van der Waals surface area contributed by atoms with E-state index in [-0.39, 0.29) is 0 Å². The van der Waals surface area contributed by atoms with Crippen molar-refractivity contribution in [3.63, 3.8) is 0 Å². The SMILES string of the molecule is C1=CCOC=C1.C=C1Cc2ccccc2-c2ccc3c(c21)CCC(c1ccc(Cl)cc1)C3. The van der Waals surface area contributed by atoms with Gasteiger partial charge in [0.05, 0.1) is 6.26 Å². The zero-order chi connectivity index (χ0) is 21.9. The third kappa shape index (κ3) is 4.18. The van der Waals surface area contributed by atoms with Gasteiger partial charge in [-0.25, -0.2) is 0 Å². The first-order valence-electron chi connectivity index (χ1n) is 11.3. The lowest BCUT2D eigenvalue weighted by Crippen LogP contribution is -2.16. The standard InChI is InChI=1S/C25H21Cl.C5H6O/c1-16-14-19-4-2-3-5-22(19)24-13-9-20-15-18(8-12-23(20)25(16)24)17-6-10-21(26)11-7-17;1-2-4-6-5-3-1/h2-7,9-11,13,18H,1,8,12,14-15H2;1-4H,5H2. The van der Waals surface area contributed by atoms with E-state index in [4.69, 9.17) is 16.3 Å². The van der Waals surface area contributed by atoms with Gasteiger partial charge in [0, 0.05) is 5.02 Å². The zero-order valence-corrected chi connectivity index (χ0v) is 18.9. The highest BCUT2D eigenvalue weighted by molar-refractivity contribution is 6.30. The van der Waals surface area contributed by atoms with Crippen molar-refractivity contribution >= 4 is 17.2 Å². The van der Waals surface area contributed by atoms with Crippen LogP contribution in [0.3, 0.4) is 0 Å². The summed E-state index contributed by atoms with van der Waals surface area (Å²) < 4.78 is 4.80. The fraction of sp³-hybridized carbons (Fsp3) is 0.200. The van der Waals surface area contributed by atoms with E-state index in [0.717, 1.165) is 30.9 Å². The molecule has 0 aromatic heterocycles. The third-order valence-electron chi connectivity index (χ3n) is 6.64. The van der Waals surface area contributed by atoms with Gasteiger partial charge < -0.3 is 4.74 Å². The van der Waals surface area contributed by atoms with Crippen molar-refractivity contribution in [1.29, 1.82) is 0 Å². The third-order valence-corrected chi connectivity index (χ3v) is 6.89. The van der Waals surface area contributed by atoms with E-state index in [9.17, 15) is 0 Å². The second-order valence-electron chi connectivity index (χ2n) is 8.64. The van der Waals surface area contributed by atoms with Crippen molar-refractivity contribution in [2.45, 2.75) is 31.6 Å². The number of benzene rings is 3. The first-order valence-corrected chi connectivity index (χ1v) is 11.7. The Bertz CT molecular complexity index is 1190. The van der Waals surface area contributed by atoms with Crippen molar-refractivity contribution in [2.24, 2.45) is 0 Å². The molecule has 1 unspecified atom stereocenters. The van der Waals surface area contributed by atoms with Crippen LogP contribution in [0.1, 0.15) is 40.2 Å². The predicted octanol–water partition coefficient (Wildman–Crippen LogP) is 7.94. The molecule has 1 atom stereocenters. The molecule has 160 valence electrons.